The molecule has 1 saturated heterocycles. The molecule has 0 spiro atoms. The lowest BCUT2D eigenvalue weighted by atomic mass is 10.1. The zero-order valence-electron chi connectivity index (χ0n) is 17.3. The molecule has 3 heteroatoms. The largest absolute Gasteiger partial charge is 0.332 e. The van der Waals surface area contributed by atoms with Crippen molar-refractivity contribution < 1.29 is 0 Å². The number of hydrogen-bond donors (Lipinski definition) is 1. The van der Waals surface area contributed by atoms with Crippen LogP contribution in [0.1, 0.15) is 79.6 Å². The molecule has 0 saturated carbocycles. The van der Waals surface area contributed by atoms with Gasteiger partial charge in [-0.15, -0.1) is 0 Å². The smallest absolute Gasteiger partial charge is 0.129 e. The highest BCUT2D eigenvalue weighted by molar-refractivity contribution is 6.78. The minimum Gasteiger partial charge on any atom is -0.332 e. The lowest BCUT2D eigenvalue weighted by Crippen LogP contribution is -2.59. The van der Waals surface area contributed by atoms with Gasteiger partial charge >= 0.3 is 0 Å². The third-order valence-electron chi connectivity index (χ3n) is 6.17. The second-order valence-electron chi connectivity index (χ2n) is 9.44. The summed E-state index contributed by atoms with van der Waals surface area (Å²) in [5.74, 6) is 0. The van der Waals surface area contributed by atoms with Crippen LogP contribution in [-0.4, -0.2) is 37.8 Å². The predicted octanol–water partition coefficient (Wildman–Crippen LogP) is 5.71. The number of nitrogens with zero attached hydrogens (tertiary/aromatic N) is 1. The van der Waals surface area contributed by atoms with E-state index in [4.69, 9.17) is 0 Å². The van der Waals surface area contributed by atoms with Crippen molar-refractivity contribution in [3.8, 4) is 0 Å². The van der Waals surface area contributed by atoms with Crippen molar-refractivity contribution >= 4 is 8.24 Å². The van der Waals surface area contributed by atoms with Crippen molar-refractivity contribution in [1.29, 1.82) is 0 Å². The Morgan fingerprint density at radius 3 is 2.38 bits per heavy atom. The average molecular weight is 351 g/mol. The predicted molar refractivity (Wildman–Crippen MR) is 110 cm³/mol. The van der Waals surface area contributed by atoms with Crippen LogP contribution in [0.25, 0.3) is 0 Å². The number of nitrogens with one attached hydrogen (secondary N) is 1. The first-order chi connectivity index (χ1) is 11.3. The molecule has 1 fully saturated rings. The fourth-order valence-corrected chi connectivity index (χ4v) is 9.31. The molecule has 2 unspecified atom stereocenters. The van der Waals surface area contributed by atoms with Crippen LogP contribution in [0.2, 0.25) is 18.1 Å². The highest BCUT2D eigenvalue weighted by Crippen LogP contribution is 2.45. The minimum atomic E-state index is -1.49. The first-order valence-corrected chi connectivity index (χ1v) is 13.3. The van der Waals surface area contributed by atoms with Gasteiger partial charge in [0.25, 0.3) is 0 Å². The van der Waals surface area contributed by atoms with Crippen LogP contribution in [-0.2, 0) is 0 Å². The molecule has 0 aromatic heterocycles. The SMILES string of the molecule is CCCCCC1=CC(N2CCCC2)CC1[Si@](C)(CC)NC(C)(C)C. The Morgan fingerprint density at radius 1 is 1.17 bits per heavy atom. The molecule has 0 amide bonds. The van der Waals surface area contributed by atoms with E-state index in [-0.39, 0.29) is 5.54 Å². The maximum Gasteiger partial charge on any atom is 0.129 e. The minimum absolute atomic E-state index is 0.233. The third kappa shape index (κ3) is 5.19. The molecule has 1 aliphatic heterocycles. The summed E-state index contributed by atoms with van der Waals surface area (Å²) in [7, 11) is -1.49. The fourth-order valence-electron chi connectivity index (χ4n) is 4.94. The quantitative estimate of drug-likeness (QED) is 0.342. The van der Waals surface area contributed by atoms with E-state index in [1.807, 2.05) is 5.57 Å². The monoisotopic (exact) mass is 350 g/mol. The topological polar surface area (TPSA) is 15.3 Å². The molecule has 0 aromatic carbocycles. The van der Waals surface area contributed by atoms with Crippen LogP contribution in [0, 0.1) is 0 Å². The summed E-state index contributed by atoms with van der Waals surface area (Å²) in [6.45, 7) is 17.1. The molecule has 2 nitrogen and oxygen atoms in total. The molecule has 1 N–H and O–H groups in total. The van der Waals surface area contributed by atoms with Gasteiger partial charge < -0.3 is 4.98 Å². The van der Waals surface area contributed by atoms with Crippen LogP contribution in [0.15, 0.2) is 11.6 Å². The third-order valence-corrected chi connectivity index (χ3v) is 11.1. The summed E-state index contributed by atoms with van der Waals surface area (Å²) >= 11 is 0. The van der Waals surface area contributed by atoms with Gasteiger partial charge in [0.2, 0.25) is 0 Å². The van der Waals surface area contributed by atoms with E-state index in [0.29, 0.717) is 0 Å². The molecule has 140 valence electrons. The highest BCUT2D eigenvalue weighted by Gasteiger charge is 2.44. The molecule has 1 aliphatic carbocycles. The van der Waals surface area contributed by atoms with Gasteiger partial charge in [-0.1, -0.05) is 44.9 Å². The molecule has 0 bridgehead atoms. The average Bonchev–Trinajstić information content (AvgIpc) is 3.15. The van der Waals surface area contributed by atoms with E-state index in [1.165, 1.54) is 64.1 Å². The summed E-state index contributed by atoms with van der Waals surface area (Å²) in [5, 5.41) is 0. The van der Waals surface area contributed by atoms with E-state index in [2.05, 4.69) is 57.1 Å². The second kappa shape index (κ2) is 8.51. The number of allylic oxidation sites excluding steroid dienone is 1. The molecule has 0 radical (unpaired) electrons. The number of rotatable bonds is 8. The van der Waals surface area contributed by atoms with Gasteiger partial charge in [-0.2, -0.15) is 0 Å². The second-order valence-corrected chi connectivity index (χ2v) is 13.9. The molecule has 2 rings (SSSR count). The van der Waals surface area contributed by atoms with Crippen molar-refractivity contribution in [3.05, 3.63) is 11.6 Å². The van der Waals surface area contributed by atoms with Gasteiger partial charge in [-0.3, -0.25) is 4.90 Å². The summed E-state index contributed by atoms with van der Waals surface area (Å²) in [5.41, 5.74) is 2.88. The first kappa shape index (κ1) is 20.2. The zero-order valence-corrected chi connectivity index (χ0v) is 18.3. The van der Waals surface area contributed by atoms with Gasteiger partial charge in [0, 0.05) is 11.6 Å². The van der Waals surface area contributed by atoms with Crippen LogP contribution >= 0.6 is 0 Å². The molecule has 0 aromatic rings. The Kier molecular flexibility index (Phi) is 7.16. The number of unbranched alkanes of at least 4 members (excludes halogenated alkanes) is 2. The number of likely N-dealkylation sites (tertiary alicyclic amines) is 1. The van der Waals surface area contributed by atoms with Gasteiger partial charge in [-0.25, -0.2) is 0 Å². The highest BCUT2D eigenvalue weighted by atomic mass is 28.3. The molecular weight excluding hydrogens is 308 g/mol. The molecular formula is C21H42N2Si. The van der Waals surface area contributed by atoms with Crippen molar-refractivity contribution in [2.75, 3.05) is 13.1 Å². The summed E-state index contributed by atoms with van der Waals surface area (Å²) in [4.78, 5) is 6.90. The standard InChI is InChI=1S/C21H42N2Si/c1-7-9-10-13-18-16-19(23-14-11-12-15-23)17-20(18)24(6,8-2)22-21(3,4)5/h16,19-20,22H,7-15,17H2,1-6H3/t19?,20?,24-/m0/s1. The Hall–Kier alpha value is -0.123. The molecule has 2 aliphatic rings. The first-order valence-electron chi connectivity index (χ1n) is 10.5. The molecule has 24 heavy (non-hydrogen) atoms. The van der Waals surface area contributed by atoms with E-state index in [0.717, 1.165) is 11.6 Å². The van der Waals surface area contributed by atoms with Crippen molar-refractivity contribution in [2.24, 2.45) is 0 Å². The van der Waals surface area contributed by atoms with E-state index >= 15 is 0 Å². The summed E-state index contributed by atoms with van der Waals surface area (Å²) in [6, 6.07) is 2.07. The Labute approximate surface area is 152 Å². The normalized spacial score (nSPS) is 28.2. The maximum atomic E-state index is 4.14. The van der Waals surface area contributed by atoms with Gasteiger partial charge in [0.05, 0.1) is 0 Å². The van der Waals surface area contributed by atoms with Crippen LogP contribution in [0.5, 0.6) is 0 Å². The van der Waals surface area contributed by atoms with E-state index in [9.17, 15) is 0 Å². The van der Waals surface area contributed by atoms with Crippen LogP contribution in [0.4, 0.5) is 0 Å². The molecule has 1 heterocycles. The van der Waals surface area contributed by atoms with Crippen LogP contribution < -0.4 is 4.98 Å². The Bertz CT molecular complexity index is 420. The summed E-state index contributed by atoms with van der Waals surface area (Å²) < 4.78 is 0. The van der Waals surface area contributed by atoms with Crippen molar-refractivity contribution in [2.45, 2.75) is 109 Å². The lowest BCUT2D eigenvalue weighted by Gasteiger charge is -2.41. The van der Waals surface area contributed by atoms with E-state index < -0.39 is 8.24 Å². The van der Waals surface area contributed by atoms with Crippen molar-refractivity contribution in [1.82, 2.24) is 9.88 Å². The van der Waals surface area contributed by atoms with E-state index in [1.54, 1.807) is 0 Å². The van der Waals surface area contributed by atoms with Gasteiger partial charge in [-0.05, 0) is 77.6 Å². The number of hydrogen-bond acceptors (Lipinski definition) is 2. The molecule has 3 atom stereocenters. The maximum absolute atomic E-state index is 4.14. The van der Waals surface area contributed by atoms with Gasteiger partial charge in [0.1, 0.15) is 8.24 Å². The zero-order chi connectivity index (χ0) is 17.8. The summed E-state index contributed by atoms with van der Waals surface area (Å²) in [6.07, 6.45) is 12.3. The Balaban J connectivity index is 2.16. The van der Waals surface area contributed by atoms with Gasteiger partial charge in [0.15, 0.2) is 0 Å². The Morgan fingerprint density at radius 2 is 1.83 bits per heavy atom. The van der Waals surface area contributed by atoms with Crippen LogP contribution in [0.3, 0.4) is 0 Å². The lowest BCUT2D eigenvalue weighted by molar-refractivity contribution is 0.280. The fraction of sp³-hybridized carbons (Fsp3) is 0.905. The van der Waals surface area contributed by atoms with Crippen molar-refractivity contribution in [3.63, 3.8) is 0 Å².